The van der Waals surface area contributed by atoms with Crippen molar-refractivity contribution in [1.82, 2.24) is 5.32 Å². The molecule has 0 bridgehead atoms. The third-order valence-corrected chi connectivity index (χ3v) is 3.46. The van der Waals surface area contributed by atoms with Crippen LogP contribution in [0, 0.1) is 0 Å². The van der Waals surface area contributed by atoms with Crippen molar-refractivity contribution in [2.45, 2.75) is 18.2 Å². The van der Waals surface area contributed by atoms with E-state index in [1.54, 1.807) is 0 Å². The molecule has 0 aliphatic heterocycles. The second kappa shape index (κ2) is 7.22. The van der Waals surface area contributed by atoms with Gasteiger partial charge in [0.25, 0.3) is 0 Å². The molecule has 0 spiro atoms. The Morgan fingerprint density at radius 3 is 2.65 bits per heavy atom. The number of anilines is 1. The van der Waals surface area contributed by atoms with Gasteiger partial charge in [-0.1, -0.05) is 6.92 Å². The first-order chi connectivity index (χ1) is 9.38. The number of hydrogen-bond acceptors (Lipinski definition) is 5. The minimum atomic E-state index is -3.83. The highest BCUT2D eigenvalue weighted by atomic mass is 32.2. The molecule has 1 aromatic carbocycles. The van der Waals surface area contributed by atoms with Crippen LogP contribution in [-0.2, 0) is 14.8 Å². The minimum absolute atomic E-state index is 0.0831. The van der Waals surface area contributed by atoms with Crippen LogP contribution in [0.15, 0.2) is 23.1 Å². The number of sulfonamides is 1. The van der Waals surface area contributed by atoms with E-state index >= 15 is 0 Å². The molecule has 0 unspecified atom stereocenters. The van der Waals surface area contributed by atoms with E-state index in [0.717, 1.165) is 6.54 Å². The highest BCUT2D eigenvalue weighted by molar-refractivity contribution is 7.89. The fourth-order valence-electron chi connectivity index (χ4n) is 1.55. The Kier molecular flexibility index (Phi) is 5.93. The quantitative estimate of drug-likeness (QED) is 0.627. The zero-order valence-corrected chi connectivity index (χ0v) is 12.3. The van der Waals surface area contributed by atoms with E-state index in [9.17, 15) is 13.2 Å². The van der Waals surface area contributed by atoms with E-state index in [2.05, 4.69) is 10.6 Å². The van der Waals surface area contributed by atoms with Gasteiger partial charge in [-0.15, -0.1) is 0 Å². The second-order valence-corrected chi connectivity index (χ2v) is 5.62. The Balaban J connectivity index is 2.89. The number of methoxy groups -OCH3 is 1. The number of primary sulfonamides is 1. The van der Waals surface area contributed by atoms with E-state index in [-0.39, 0.29) is 22.9 Å². The predicted molar refractivity (Wildman–Crippen MR) is 76.2 cm³/mol. The van der Waals surface area contributed by atoms with Gasteiger partial charge in [-0.25, -0.2) is 13.6 Å². The van der Waals surface area contributed by atoms with Gasteiger partial charge in [0, 0.05) is 13.0 Å². The molecule has 112 valence electrons. The molecule has 0 aliphatic rings. The summed E-state index contributed by atoms with van der Waals surface area (Å²) >= 11 is 0. The molecular weight excluding hydrogens is 282 g/mol. The molecule has 1 aromatic rings. The number of nitrogens with one attached hydrogen (secondary N) is 2. The first-order valence-corrected chi connectivity index (χ1v) is 7.64. The Hall–Kier alpha value is -1.64. The Bertz CT molecular complexity index is 572. The topological polar surface area (TPSA) is 111 Å². The van der Waals surface area contributed by atoms with E-state index in [0.29, 0.717) is 12.3 Å². The van der Waals surface area contributed by atoms with Crippen LogP contribution in [0.5, 0.6) is 5.75 Å². The van der Waals surface area contributed by atoms with Gasteiger partial charge in [0.2, 0.25) is 15.9 Å². The zero-order valence-electron chi connectivity index (χ0n) is 11.5. The van der Waals surface area contributed by atoms with Crippen LogP contribution in [0.25, 0.3) is 0 Å². The van der Waals surface area contributed by atoms with Crippen molar-refractivity contribution in [3.8, 4) is 5.75 Å². The van der Waals surface area contributed by atoms with Gasteiger partial charge >= 0.3 is 0 Å². The summed E-state index contributed by atoms with van der Waals surface area (Å²) in [5, 5.41) is 10.7. The number of carbonyl (C=O) groups excluding carboxylic acids is 1. The number of carbonyl (C=O) groups is 1. The van der Waals surface area contributed by atoms with Gasteiger partial charge in [0.1, 0.15) is 5.75 Å². The lowest BCUT2D eigenvalue weighted by atomic mass is 10.2. The fourth-order valence-corrected chi connectivity index (χ4v) is 2.09. The first kappa shape index (κ1) is 16.4. The highest BCUT2D eigenvalue weighted by Crippen LogP contribution is 2.27. The van der Waals surface area contributed by atoms with Crippen molar-refractivity contribution < 1.29 is 17.9 Å². The predicted octanol–water partition coefficient (Wildman–Crippen LogP) is 0.281. The van der Waals surface area contributed by atoms with Gasteiger partial charge in [-0.2, -0.15) is 0 Å². The molecule has 7 nitrogen and oxygen atoms in total. The summed E-state index contributed by atoms with van der Waals surface area (Å²) in [6.45, 7) is 3.26. The number of nitrogens with two attached hydrogens (primary N) is 1. The normalized spacial score (nSPS) is 11.2. The Labute approximate surface area is 118 Å². The molecule has 20 heavy (non-hydrogen) atoms. The van der Waals surface area contributed by atoms with Crippen LogP contribution in [0.4, 0.5) is 5.69 Å². The molecule has 8 heteroatoms. The number of ether oxygens (including phenoxy) is 1. The second-order valence-electron chi connectivity index (χ2n) is 4.06. The van der Waals surface area contributed by atoms with E-state index in [4.69, 9.17) is 9.88 Å². The van der Waals surface area contributed by atoms with Crippen molar-refractivity contribution in [3.63, 3.8) is 0 Å². The molecular formula is C12H19N3O4S. The molecule has 0 atom stereocenters. The molecule has 1 amide bonds. The van der Waals surface area contributed by atoms with E-state index in [1.807, 2.05) is 6.92 Å². The first-order valence-electron chi connectivity index (χ1n) is 6.10. The Morgan fingerprint density at radius 2 is 2.10 bits per heavy atom. The lowest BCUT2D eigenvalue weighted by Gasteiger charge is -2.11. The lowest BCUT2D eigenvalue weighted by molar-refractivity contribution is -0.116. The SMILES string of the molecule is CCNCCC(=O)Nc1cc(S(N)(=O)=O)ccc1OC. The molecule has 0 saturated heterocycles. The molecule has 0 radical (unpaired) electrons. The number of benzene rings is 1. The molecule has 0 fully saturated rings. The van der Waals surface area contributed by atoms with Crippen molar-refractivity contribution in [2.24, 2.45) is 5.14 Å². The summed E-state index contributed by atoms with van der Waals surface area (Å²) in [7, 11) is -2.40. The Morgan fingerprint density at radius 1 is 1.40 bits per heavy atom. The molecule has 0 aliphatic carbocycles. The van der Waals surface area contributed by atoms with Gasteiger partial charge in [-0.05, 0) is 24.7 Å². The summed E-state index contributed by atoms with van der Waals surface area (Å²) in [6, 6.07) is 4.04. The summed E-state index contributed by atoms with van der Waals surface area (Å²) in [6.07, 6.45) is 0.274. The third kappa shape index (κ3) is 4.80. The van der Waals surface area contributed by atoms with Crippen molar-refractivity contribution in [3.05, 3.63) is 18.2 Å². The van der Waals surface area contributed by atoms with Crippen LogP contribution in [-0.4, -0.2) is 34.5 Å². The lowest BCUT2D eigenvalue weighted by Crippen LogP contribution is -2.22. The van der Waals surface area contributed by atoms with Crippen molar-refractivity contribution >= 4 is 21.6 Å². The average Bonchev–Trinajstić information content (AvgIpc) is 2.38. The summed E-state index contributed by atoms with van der Waals surface area (Å²) in [4.78, 5) is 11.6. The highest BCUT2D eigenvalue weighted by Gasteiger charge is 2.13. The zero-order chi connectivity index (χ0) is 15.2. The standard InChI is InChI=1S/C12H19N3O4S/c1-3-14-7-6-12(16)15-10-8-9(20(13,17)18)4-5-11(10)19-2/h4-5,8,14H,3,6-7H2,1-2H3,(H,15,16)(H2,13,17,18). The monoisotopic (exact) mass is 301 g/mol. The van der Waals surface area contributed by atoms with Crippen molar-refractivity contribution in [2.75, 3.05) is 25.5 Å². The largest absolute Gasteiger partial charge is 0.495 e. The summed E-state index contributed by atoms with van der Waals surface area (Å²) in [5.74, 6) is 0.130. The molecule has 1 rings (SSSR count). The minimum Gasteiger partial charge on any atom is -0.495 e. The number of hydrogen-bond donors (Lipinski definition) is 3. The van der Waals surface area contributed by atoms with Crippen molar-refractivity contribution in [1.29, 1.82) is 0 Å². The molecule has 0 saturated carbocycles. The molecule has 0 heterocycles. The van der Waals surface area contributed by atoms with Crippen LogP contribution >= 0.6 is 0 Å². The molecule has 4 N–H and O–H groups in total. The van der Waals surface area contributed by atoms with E-state index in [1.165, 1.54) is 25.3 Å². The van der Waals surface area contributed by atoms with Gasteiger partial charge in [-0.3, -0.25) is 4.79 Å². The van der Waals surface area contributed by atoms with Crippen LogP contribution in [0.1, 0.15) is 13.3 Å². The maximum Gasteiger partial charge on any atom is 0.238 e. The third-order valence-electron chi connectivity index (χ3n) is 2.55. The summed E-state index contributed by atoms with van der Waals surface area (Å²) < 4.78 is 27.7. The van der Waals surface area contributed by atoms with Gasteiger partial charge < -0.3 is 15.4 Å². The van der Waals surface area contributed by atoms with Gasteiger partial charge in [0.15, 0.2) is 0 Å². The smallest absolute Gasteiger partial charge is 0.238 e. The van der Waals surface area contributed by atoms with Gasteiger partial charge in [0.05, 0.1) is 17.7 Å². The molecule has 0 aromatic heterocycles. The maximum absolute atomic E-state index is 11.7. The van der Waals surface area contributed by atoms with E-state index < -0.39 is 10.0 Å². The fraction of sp³-hybridized carbons (Fsp3) is 0.417. The van der Waals surface area contributed by atoms with Crippen LogP contribution in [0.3, 0.4) is 0 Å². The summed E-state index contributed by atoms with van der Waals surface area (Å²) in [5.41, 5.74) is 0.278. The average molecular weight is 301 g/mol. The maximum atomic E-state index is 11.7. The number of amides is 1. The van der Waals surface area contributed by atoms with Crippen LogP contribution < -0.4 is 20.5 Å². The van der Waals surface area contributed by atoms with Crippen LogP contribution in [0.2, 0.25) is 0 Å². The number of rotatable bonds is 7.